The molecule has 3 fully saturated rings. The van der Waals surface area contributed by atoms with E-state index in [1.807, 2.05) is 0 Å². The molecule has 10 atom stereocenters. The molecule has 7 rings (SSSR count). The highest BCUT2D eigenvalue weighted by molar-refractivity contribution is 8.44. The number of imidazole rings is 2. The van der Waals surface area contributed by atoms with Gasteiger partial charge in [0.1, 0.15) is 48.2 Å². The highest BCUT2D eigenvalue weighted by Gasteiger charge is 2.53. The number of hydrogen-bond donors (Lipinski definition) is 4. The molecule has 44 heavy (non-hydrogen) atoms. The summed E-state index contributed by atoms with van der Waals surface area (Å²) in [5, 5.41) is 0. The first-order valence-corrected chi connectivity index (χ1v) is 18.8. The lowest BCUT2D eigenvalue weighted by Crippen LogP contribution is -2.32. The van der Waals surface area contributed by atoms with Crippen LogP contribution in [0.4, 0.5) is 20.4 Å². The number of aromatic nitrogens is 8. The van der Waals surface area contributed by atoms with Gasteiger partial charge >= 0.3 is 13.6 Å². The maximum absolute atomic E-state index is 16.1. The highest BCUT2D eigenvalue weighted by atomic mass is 32.7. The van der Waals surface area contributed by atoms with Crippen LogP contribution in [0.3, 0.4) is 0 Å². The Hall–Kier alpha value is -2.44. The van der Waals surface area contributed by atoms with E-state index in [-0.39, 0.29) is 60.0 Å². The van der Waals surface area contributed by atoms with Crippen molar-refractivity contribution >= 4 is 72.1 Å². The van der Waals surface area contributed by atoms with E-state index in [2.05, 4.69) is 54.4 Å². The number of rotatable bonds is 2. The average molecular weight is 691 g/mol. The number of nitrogens with two attached hydrogens (primary N) is 2. The Labute approximate surface area is 258 Å². The number of nitrogens with zero attached hydrogens (tertiary/aromatic N) is 8. The molecule has 1 aliphatic heterocycles. The summed E-state index contributed by atoms with van der Waals surface area (Å²) < 4.78 is 84.5. The van der Waals surface area contributed by atoms with E-state index >= 15 is 8.78 Å². The van der Waals surface area contributed by atoms with Gasteiger partial charge < -0.3 is 29.6 Å². The Morgan fingerprint density at radius 3 is 1.55 bits per heavy atom. The van der Waals surface area contributed by atoms with Gasteiger partial charge in [-0.2, -0.15) is 0 Å². The summed E-state index contributed by atoms with van der Waals surface area (Å²) in [6.07, 6.45) is -0.967. The molecule has 2 saturated carbocycles. The number of thiol groups is 2. The second kappa shape index (κ2) is 11.1. The topological polar surface area (TPSA) is 210 Å². The molecule has 0 aromatic carbocycles. The van der Waals surface area contributed by atoms with Crippen LogP contribution in [0.5, 0.6) is 0 Å². The van der Waals surface area contributed by atoms with Crippen molar-refractivity contribution in [3.05, 3.63) is 25.3 Å². The number of nitrogen functional groups attached to an aromatic ring is 2. The summed E-state index contributed by atoms with van der Waals surface area (Å²) in [5.74, 6) is -1.41. The van der Waals surface area contributed by atoms with Crippen LogP contribution >= 0.6 is 38.1 Å². The van der Waals surface area contributed by atoms with Crippen LogP contribution in [-0.4, -0.2) is 76.8 Å². The standard InChI is InChI=1S/C22H26F2N10O6P2S2/c23-13-11(33-7-31-15-19(25)27-5-29-21(15)33)1-9-3-37-41(35,43)40-18-10(4-38-42(36,44)39-17(9)13)2-12(14(18)24)34-8-32-16-20(26)28-6-30-22(16)34/h5-14,17-18H,1-4H2,(H,35,43)(H,36,44)(H2,25,27,29)(H2,26,28,30)/t9-,10-,11-,12-,13?,14?,17?,18?,41?,42?/m1/s1. The second-order valence-electron chi connectivity index (χ2n) is 10.8. The van der Waals surface area contributed by atoms with Crippen LogP contribution < -0.4 is 11.5 Å². The van der Waals surface area contributed by atoms with Crippen molar-refractivity contribution in [3.8, 4) is 0 Å². The summed E-state index contributed by atoms with van der Waals surface area (Å²) >= 11 is 8.21. The van der Waals surface area contributed by atoms with Crippen molar-refractivity contribution < 1.29 is 36.0 Å². The minimum absolute atomic E-state index is 0.0569. The molecule has 236 valence electrons. The lowest BCUT2D eigenvalue weighted by molar-refractivity contribution is 0.0182. The fourth-order valence-corrected chi connectivity index (χ4v) is 9.36. The lowest BCUT2D eigenvalue weighted by atomic mass is 10.1. The second-order valence-corrected chi connectivity index (χ2v) is 16.6. The summed E-state index contributed by atoms with van der Waals surface area (Å²) in [5.41, 5.74) is 12.9. The maximum atomic E-state index is 16.1. The largest absolute Gasteiger partial charge is 0.386 e. The molecule has 0 radical (unpaired) electrons. The van der Waals surface area contributed by atoms with E-state index in [0.29, 0.717) is 0 Å². The summed E-state index contributed by atoms with van der Waals surface area (Å²) in [7, 11) is 0. The zero-order valence-corrected chi connectivity index (χ0v) is 26.1. The van der Waals surface area contributed by atoms with Crippen LogP contribution in [0, 0.1) is 11.8 Å². The Morgan fingerprint density at radius 2 is 1.14 bits per heavy atom. The van der Waals surface area contributed by atoms with Crippen molar-refractivity contribution in [2.45, 2.75) is 49.5 Å². The van der Waals surface area contributed by atoms with E-state index in [1.165, 1.54) is 34.4 Å². The third-order valence-corrected chi connectivity index (χ3v) is 11.5. The third kappa shape index (κ3) is 5.28. The van der Waals surface area contributed by atoms with Gasteiger partial charge in [0, 0.05) is 11.8 Å². The van der Waals surface area contributed by atoms with Crippen molar-refractivity contribution in [1.82, 2.24) is 39.0 Å². The number of hydrogen-bond acceptors (Lipinski definition) is 14. The highest BCUT2D eigenvalue weighted by Crippen LogP contribution is 2.62. The van der Waals surface area contributed by atoms with Crippen LogP contribution in [0.15, 0.2) is 25.3 Å². The van der Waals surface area contributed by atoms with E-state index in [1.54, 1.807) is 0 Å². The van der Waals surface area contributed by atoms with Crippen LogP contribution in [-0.2, 0) is 27.2 Å². The van der Waals surface area contributed by atoms with Crippen molar-refractivity contribution in [1.29, 1.82) is 0 Å². The van der Waals surface area contributed by atoms with E-state index in [0.717, 1.165) is 0 Å². The van der Waals surface area contributed by atoms with Gasteiger partial charge in [-0.1, -0.05) is 24.5 Å². The Balaban J connectivity index is 1.17. The fourth-order valence-electron chi connectivity index (χ4n) is 6.23. The van der Waals surface area contributed by atoms with Crippen LogP contribution in [0.1, 0.15) is 24.9 Å². The Morgan fingerprint density at radius 1 is 0.727 bits per heavy atom. The monoisotopic (exact) mass is 690 g/mol. The molecule has 22 heteroatoms. The normalized spacial score (nSPS) is 38.3. The molecular formula is C22H26F2N10O6P2S2. The molecule has 4 aromatic heterocycles. The zero-order chi connectivity index (χ0) is 31.0. The molecule has 16 nitrogen and oxygen atoms in total. The fraction of sp³-hybridized carbons (Fsp3) is 0.545. The summed E-state index contributed by atoms with van der Waals surface area (Å²) in [6.45, 7) is -9.23. The van der Waals surface area contributed by atoms with E-state index < -0.39 is 62.1 Å². The third-order valence-electron chi connectivity index (χ3n) is 8.28. The molecule has 3 aliphatic rings. The number of fused-ring (bicyclic) bond motifs is 4. The van der Waals surface area contributed by atoms with Crippen molar-refractivity contribution in [3.63, 3.8) is 0 Å². The quantitative estimate of drug-likeness (QED) is 0.175. The van der Waals surface area contributed by atoms with Gasteiger partial charge in [-0.05, 0) is 12.8 Å². The molecule has 0 spiro atoms. The van der Waals surface area contributed by atoms with Gasteiger partial charge in [0.15, 0.2) is 22.9 Å². The molecule has 0 amide bonds. The predicted molar refractivity (Wildman–Crippen MR) is 158 cm³/mol. The Kier molecular flexibility index (Phi) is 7.64. The molecular weight excluding hydrogens is 664 g/mol. The minimum atomic E-state index is -4.23. The Bertz CT molecular complexity index is 1710. The lowest BCUT2D eigenvalue weighted by Gasteiger charge is -2.29. The molecule has 4 aromatic rings. The first kappa shape index (κ1) is 30.2. The van der Waals surface area contributed by atoms with Gasteiger partial charge in [0.25, 0.3) is 0 Å². The number of halogens is 2. The summed E-state index contributed by atoms with van der Waals surface area (Å²) in [4.78, 5) is 24.5. The SMILES string of the molecule is Nc1ncnc2c1ncn2[C@@H]1C[C@@H]2COP(=O)(S)OC3C(F)[C@H](n4cnc5c(N)ncnc54)C[C@@H]3COP(=O)(S)OC2C1F. The van der Waals surface area contributed by atoms with Crippen molar-refractivity contribution in [2.75, 3.05) is 24.7 Å². The van der Waals surface area contributed by atoms with Gasteiger partial charge in [-0.25, -0.2) is 47.8 Å². The number of anilines is 2. The average Bonchev–Trinajstić information content (AvgIpc) is 3.73. The molecule has 2 aliphatic carbocycles. The minimum Gasteiger partial charge on any atom is -0.382 e. The summed E-state index contributed by atoms with van der Waals surface area (Å²) in [6, 6.07) is -1.82. The first-order chi connectivity index (χ1) is 20.9. The smallest absolute Gasteiger partial charge is 0.382 e. The van der Waals surface area contributed by atoms with Gasteiger partial charge in [-0.15, -0.1) is 0 Å². The first-order valence-electron chi connectivity index (χ1n) is 13.4. The maximum Gasteiger partial charge on any atom is 0.386 e. The number of alkyl halides is 2. The van der Waals surface area contributed by atoms with E-state index in [9.17, 15) is 9.13 Å². The van der Waals surface area contributed by atoms with E-state index in [4.69, 9.17) is 29.6 Å². The van der Waals surface area contributed by atoms with Gasteiger partial charge in [0.05, 0.1) is 38.0 Å². The molecule has 1 saturated heterocycles. The molecule has 6 unspecified atom stereocenters. The van der Waals surface area contributed by atoms with Crippen molar-refractivity contribution in [2.24, 2.45) is 11.8 Å². The van der Waals surface area contributed by atoms with Crippen LogP contribution in [0.2, 0.25) is 0 Å². The molecule has 4 N–H and O–H groups in total. The van der Waals surface area contributed by atoms with Gasteiger partial charge in [-0.3, -0.25) is 9.05 Å². The molecule has 5 heterocycles. The van der Waals surface area contributed by atoms with Crippen LogP contribution in [0.25, 0.3) is 22.3 Å². The predicted octanol–water partition coefficient (Wildman–Crippen LogP) is 3.52. The zero-order valence-electron chi connectivity index (χ0n) is 22.5. The van der Waals surface area contributed by atoms with Gasteiger partial charge in [0.2, 0.25) is 0 Å². The molecule has 0 bridgehead atoms.